The van der Waals surface area contributed by atoms with Crippen LogP contribution >= 0.6 is 0 Å². The van der Waals surface area contributed by atoms with Gasteiger partial charge in [-0.25, -0.2) is 0 Å². The van der Waals surface area contributed by atoms with Crippen molar-refractivity contribution in [2.24, 2.45) is 5.92 Å². The van der Waals surface area contributed by atoms with Crippen LogP contribution < -0.4 is 0 Å². The maximum Gasteiger partial charge on any atom is 0.271 e. The molecule has 0 radical (unpaired) electrons. The average Bonchev–Trinajstić information content (AvgIpc) is 2.71. The number of ketones is 1. The number of nitro groups is 1. The van der Waals surface area contributed by atoms with E-state index >= 15 is 0 Å². The van der Waals surface area contributed by atoms with Gasteiger partial charge in [0.2, 0.25) is 0 Å². The summed E-state index contributed by atoms with van der Waals surface area (Å²) in [5.74, 6) is 0.277. The lowest BCUT2D eigenvalue weighted by Gasteiger charge is -2.11. The third-order valence-corrected chi connectivity index (χ3v) is 4.37. The van der Waals surface area contributed by atoms with Crippen molar-refractivity contribution in [2.45, 2.75) is 38.5 Å². The van der Waals surface area contributed by atoms with Crippen LogP contribution in [0.1, 0.15) is 48.9 Å². The van der Waals surface area contributed by atoms with E-state index in [-0.39, 0.29) is 17.4 Å². The van der Waals surface area contributed by atoms with E-state index in [4.69, 9.17) is 0 Å². The van der Waals surface area contributed by atoms with Gasteiger partial charge in [0.15, 0.2) is 5.78 Å². The van der Waals surface area contributed by atoms with Gasteiger partial charge in [0, 0.05) is 35.2 Å². The van der Waals surface area contributed by atoms with Crippen LogP contribution in [-0.4, -0.2) is 15.7 Å². The molecule has 1 aromatic carbocycles. The van der Waals surface area contributed by atoms with Crippen LogP contribution in [0.15, 0.2) is 24.4 Å². The molecule has 1 saturated carbocycles. The molecule has 0 atom stereocenters. The van der Waals surface area contributed by atoms with Gasteiger partial charge in [0.1, 0.15) is 0 Å². The zero-order valence-electron chi connectivity index (χ0n) is 11.8. The second-order valence-corrected chi connectivity index (χ2v) is 5.74. The molecule has 0 amide bonds. The number of nitro benzene ring substituents is 1. The second kappa shape index (κ2) is 5.68. The number of carbonyl (C=O) groups excluding carboxylic acids is 1. The summed E-state index contributed by atoms with van der Waals surface area (Å²) in [4.78, 5) is 26.1. The van der Waals surface area contributed by atoms with Crippen LogP contribution in [0.5, 0.6) is 0 Å². The highest BCUT2D eigenvalue weighted by Gasteiger charge is 2.24. The third-order valence-electron chi connectivity index (χ3n) is 4.37. The number of nitrogens with zero attached hydrogens (tertiary/aromatic N) is 1. The predicted molar refractivity (Wildman–Crippen MR) is 80.5 cm³/mol. The number of benzene rings is 1. The van der Waals surface area contributed by atoms with E-state index in [1.54, 1.807) is 12.3 Å². The number of hydrogen-bond donors (Lipinski definition) is 1. The van der Waals surface area contributed by atoms with Crippen LogP contribution in [0.2, 0.25) is 0 Å². The molecule has 1 N–H and O–H groups in total. The molecule has 0 aliphatic heterocycles. The van der Waals surface area contributed by atoms with E-state index < -0.39 is 4.92 Å². The largest absolute Gasteiger partial charge is 0.360 e. The molecule has 5 nitrogen and oxygen atoms in total. The Bertz CT molecular complexity index is 682. The first-order valence-electron chi connectivity index (χ1n) is 7.46. The fourth-order valence-electron chi connectivity index (χ4n) is 3.19. The lowest BCUT2D eigenvalue weighted by atomic mass is 9.91. The summed E-state index contributed by atoms with van der Waals surface area (Å²) in [6.07, 6.45) is 8.26. The minimum atomic E-state index is -0.424. The lowest BCUT2D eigenvalue weighted by molar-refractivity contribution is -0.384. The highest BCUT2D eigenvalue weighted by atomic mass is 16.6. The molecular weight excluding hydrogens is 268 g/mol. The van der Waals surface area contributed by atoms with Gasteiger partial charge < -0.3 is 4.98 Å². The first kappa shape index (κ1) is 13.8. The van der Waals surface area contributed by atoms with E-state index in [9.17, 15) is 14.9 Å². The van der Waals surface area contributed by atoms with E-state index in [2.05, 4.69) is 4.98 Å². The van der Waals surface area contributed by atoms with Gasteiger partial charge in [-0.15, -0.1) is 0 Å². The van der Waals surface area contributed by atoms with Gasteiger partial charge >= 0.3 is 0 Å². The Morgan fingerprint density at radius 2 is 1.90 bits per heavy atom. The summed E-state index contributed by atoms with van der Waals surface area (Å²) in [7, 11) is 0. The number of H-pyrrole nitrogens is 1. The smallest absolute Gasteiger partial charge is 0.271 e. The Kier molecular flexibility index (Phi) is 3.73. The number of Topliss-reactive ketones (excluding diaryl/α,β-unsaturated/α-hetero) is 1. The fourth-order valence-corrected chi connectivity index (χ4v) is 3.19. The van der Waals surface area contributed by atoms with Gasteiger partial charge in [-0.1, -0.05) is 25.7 Å². The molecule has 0 bridgehead atoms. The third kappa shape index (κ3) is 2.68. The van der Waals surface area contributed by atoms with Crippen molar-refractivity contribution in [3.63, 3.8) is 0 Å². The Morgan fingerprint density at radius 1 is 1.19 bits per heavy atom. The predicted octanol–water partition coefficient (Wildman–Crippen LogP) is 4.23. The molecule has 5 heteroatoms. The zero-order valence-corrected chi connectivity index (χ0v) is 11.8. The van der Waals surface area contributed by atoms with Crippen molar-refractivity contribution in [1.29, 1.82) is 0 Å². The van der Waals surface area contributed by atoms with E-state index in [1.807, 2.05) is 0 Å². The summed E-state index contributed by atoms with van der Waals surface area (Å²) in [6.45, 7) is 0. The Morgan fingerprint density at radius 3 is 2.57 bits per heavy atom. The zero-order chi connectivity index (χ0) is 14.8. The van der Waals surface area contributed by atoms with Gasteiger partial charge in [-0.05, 0) is 18.9 Å². The molecule has 1 aliphatic rings. The summed E-state index contributed by atoms with van der Waals surface area (Å²) < 4.78 is 0. The number of non-ortho nitro benzene ring substituents is 1. The van der Waals surface area contributed by atoms with Gasteiger partial charge in [-0.3, -0.25) is 14.9 Å². The number of rotatable bonds is 3. The Hall–Kier alpha value is -2.17. The average molecular weight is 286 g/mol. The molecule has 1 fully saturated rings. The monoisotopic (exact) mass is 286 g/mol. The molecule has 3 rings (SSSR count). The number of carbonyl (C=O) groups is 1. The molecule has 2 aromatic rings. The minimum absolute atomic E-state index is 0.0396. The summed E-state index contributed by atoms with van der Waals surface area (Å²) in [6, 6.07) is 4.62. The van der Waals surface area contributed by atoms with E-state index in [1.165, 1.54) is 25.0 Å². The second-order valence-electron chi connectivity index (χ2n) is 5.74. The molecule has 1 aromatic heterocycles. The van der Waals surface area contributed by atoms with Crippen molar-refractivity contribution < 1.29 is 9.72 Å². The van der Waals surface area contributed by atoms with Gasteiger partial charge in [-0.2, -0.15) is 0 Å². The van der Waals surface area contributed by atoms with Crippen LogP contribution in [-0.2, 0) is 0 Å². The molecular formula is C16H18N2O3. The van der Waals surface area contributed by atoms with Crippen molar-refractivity contribution in [1.82, 2.24) is 4.98 Å². The SMILES string of the molecule is O=C(c1c[nH]c2cc([N+](=O)[O-])ccc12)C1CCCCCC1. The standard InChI is InChI=1S/C16H18N2O3/c19-16(11-5-3-1-2-4-6-11)14-10-17-15-9-12(18(20)21)7-8-13(14)15/h7-11,17H,1-6H2. The normalized spacial score (nSPS) is 16.8. The van der Waals surface area contributed by atoms with Crippen molar-refractivity contribution in [2.75, 3.05) is 0 Å². The molecule has 0 spiro atoms. The molecule has 1 aliphatic carbocycles. The van der Waals surface area contributed by atoms with Crippen molar-refractivity contribution in [3.05, 3.63) is 40.1 Å². The van der Waals surface area contributed by atoms with Crippen LogP contribution in [0.3, 0.4) is 0 Å². The van der Waals surface area contributed by atoms with E-state index in [0.29, 0.717) is 11.1 Å². The number of fused-ring (bicyclic) bond motifs is 1. The molecule has 21 heavy (non-hydrogen) atoms. The Labute approximate surface area is 122 Å². The highest BCUT2D eigenvalue weighted by Crippen LogP contribution is 2.30. The van der Waals surface area contributed by atoms with E-state index in [0.717, 1.165) is 31.1 Å². The molecule has 1 heterocycles. The number of aromatic nitrogens is 1. The summed E-state index contributed by atoms with van der Waals surface area (Å²) in [5.41, 5.74) is 1.37. The molecule has 0 unspecified atom stereocenters. The fraction of sp³-hybridized carbons (Fsp3) is 0.438. The first-order chi connectivity index (χ1) is 10.2. The maximum atomic E-state index is 12.7. The van der Waals surface area contributed by atoms with Crippen LogP contribution in [0.4, 0.5) is 5.69 Å². The molecule has 0 saturated heterocycles. The first-order valence-corrected chi connectivity index (χ1v) is 7.46. The number of hydrogen-bond acceptors (Lipinski definition) is 3. The topological polar surface area (TPSA) is 76.0 Å². The van der Waals surface area contributed by atoms with Crippen molar-refractivity contribution >= 4 is 22.4 Å². The summed E-state index contributed by atoms with van der Waals surface area (Å²) >= 11 is 0. The Balaban J connectivity index is 1.93. The lowest BCUT2D eigenvalue weighted by Crippen LogP contribution is -2.13. The summed E-state index contributed by atoms with van der Waals surface area (Å²) in [5, 5.41) is 11.6. The number of nitrogens with one attached hydrogen (secondary N) is 1. The van der Waals surface area contributed by atoms with Crippen molar-refractivity contribution in [3.8, 4) is 0 Å². The minimum Gasteiger partial charge on any atom is -0.360 e. The van der Waals surface area contributed by atoms with Gasteiger partial charge in [0.05, 0.1) is 10.4 Å². The quantitative estimate of drug-likeness (QED) is 0.397. The van der Waals surface area contributed by atoms with Crippen LogP contribution in [0, 0.1) is 16.0 Å². The highest BCUT2D eigenvalue weighted by molar-refractivity contribution is 6.09. The maximum absolute atomic E-state index is 12.7. The van der Waals surface area contributed by atoms with Crippen LogP contribution in [0.25, 0.3) is 10.9 Å². The van der Waals surface area contributed by atoms with Gasteiger partial charge in [0.25, 0.3) is 5.69 Å². The number of aromatic amines is 1. The molecule has 110 valence electrons.